The fraction of sp³-hybridized carbons (Fsp3) is 0.250. The first-order valence-corrected chi connectivity index (χ1v) is 13.7. The van der Waals surface area contributed by atoms with E-state index in [2.05, 4.69) is 18.2 Å². The summed E-state index contributed by atoms with van der Waals surface area (Å²) in [7, 11) is 0. The Bertz CT molecular complexity index is 1600. The van der Waals surface area contributed by atoms with E-state index >= 15 is 0 Å². The van der Waals surface area contributed by atoms with E-state index in [0.717, 1.165) is 45.6 Å². The number of ether oxygens (including phenoxy) is 1. The molecule has 0 spiro atoms. The molecule has 0 saturated carbocycles. The Labute approximate surface area is 239 Å². The number of allylic oxidation sites excluding steroid dienone is 3. The van der Waals surface area contributed by atoms with Crippen molar-refractivity contribution in [2.24, 2.45) is 5.73 Å². The average molecular weight is 559 g/mol. The van der Waals surface area contributed by atoms with Gasteiger partial charge in [0, 0.05) is 22.7 Å². The zero-order valence-corrected chi connectivity index (χ0v) is 23.7. The summed E-state index contributed by atoms with van der Waals surface area (Å²) in [6, 6.07) is 19.4. The second kappa shape index (κ2) is 10.8. The van der Waals surface area contributed by atoms with Gasteiger partial charge in [-0.05, 0) is 80.1 Å². The number of ketones is 1. The van der Waals surface area contributed by atoms with Gasteiger partial charge in [0.25, 0.3) is 0 Å². The van der Waals surface area contributed by atoms with Gasteiger partial charge in [0.15, 0.2) is 5.78 Å². The first kappa shape index (κ1) is 26.9. The van der Waals surface area contributed by atoms with E-state index in [-0.39, 0.29) is 5.78 Å². The molecule has 0 aromatic heterocycles. The lowest BCUT2D eigenvalue weighted by molar-refractivity contribution is -0.116. The molecule has 1 aliphatic heterocycles. The highest BCUT2D eigenvalue weighted by atomic mass is 35.5. The SMILES string of the molecule is Cc1cc(COc2ccccc2Cl)c(C)c(C2C(C#N)=C(N)N(c3cc(Cl)ccc3C)C3=C2C(=O)CCC3)c1. The summed E-state index contributed by atoms with van der Waals surface area (Å²) >= 11 is 12.7. The maximum Gasteiger partial charge on any atom is 0.161 e. The Kier molecular flexibility index (Phi) is 7.44. The van der Waals surface area contributed by atoms with Crippen LogP contribution in [0.1, 0.15) is 53.0 Å². The number of benzene rings is 3. The van der Waals surface area contributed by atoms with Crippen LogP contribution in [-0.2, 0) is 11.4 Å². The third-order valence-electron chi connectivity index (χ3n) is 7.56. The number of anilines is 1. The van der Waals surface area contributed by atoms with Crippen molar-refractivity contribution in [3.05, 3.63) is 115 Å². The van der Waals surface area contributed by atoms with Crippen molar-refractivity contribution in [2.75, 3.05) is 4.90 Å². The molecule has 2 aliphatic rings. The second-order valence-electron chi connectivity index (χ2n) is 10.1. The van der Waals surface area contributed by atoms with Gasteiger partial charge in [-0.3, -0.25) is 9.69 Å². The number of halogens is 2. The van der Waals surface area contributed by atoms with E-state index in [0.29, 0.717) is 52.2 Å². The van der Waals surface area contributed by atoms with Crippen LogP contribution in [0.25, 0.3) is 0 Å². The monoisotopic (exact) mass is 557 g/mol. The van der Waals surface area contributed by atoms with Gasteiger partial charge in [0.05, 0.1) is 28.3 Å². The molecule has 0 fully saturated rings. The Morgan fingerprint density at radius 3 is 2.59 bits per heavy atom. The number of nitrogens with two attached hydrogens (primary N) is 1. The van der Waals surface area contributed by atoms with Gasteiger partial charge in [-0.15, -0.1) is 0 Å². The summed E-state index contributed by atoms with van der Waals surface area (Å²) in [6.45, 7) is 6.28. The lowest BCUT2D eigenvalue weighted by Gasteiger charge is -2.40. The second-order valence-corrected chi connectivity index (χ2v) is 10.9. The topological polar surface area (TPSA) is 79.3 Å². The first-order chi connectivity index (χ1) is 18.7. The van der Waals surface area contributed by atoms with Crippen LogP contribution in [0.4, 0.5) is 5.69 Å². The van der Waals surface area contributed by atoms with Crippen molar-refractivity contribution in [1.82, 2.24) is 0 Å². The number of Topliss-reactive ketones (excluding diaryl/α,β-unsaturated/α-hetero) is 1. The maximum absolute atomic E-state index is 13.6. The van der Waals surface area contributed by atoms with Crippen LogP contribution in [0.15, 0.2) is 77.3 Å². The van der Waals surface area contributed by atoms with Crippen molar-refractivity contribution in [3.63, 3.8) is 0 Å². The third-order valence-corrected chi connectivity index (χ3v) is 8.10. The highest BCUT2D eigenvalue weighted by Gasteiger charge is 2.41. The largest absolute Gasteiger partial charge is 0.487 e. The predicted octanol–water partition coefficient (Wildman–Crippen LogP) is 7.80. The number of hydrogen-bond acceptors (Lipinski definition) is 5. The van der Waals surface area contributed by atoms with Gasteiger partial charge in [-0.1, -0.05) is 59.1 Å². The van der Waals surface area contributed by atoms with Crippen LogP contribution >= 0.6 is 23.2 Å². The molecule has 1 atom stereocenters. The Balaban J connectivity index is 1.66. The smallest absolute Gasteiger partial charge is 0.161 e. The standard InChI is InChI=1S/C32H29Cl2N3O2/c1-18-13-21(17-39-29-10-5-4-7-25(29)34)20(3)23(14-18)30-24(16-35)32(36)37(26-8-6-9-28(38)31(26)30)27-15-22(33)12-11-19(27)2/h4-5,7,10-15,30H,6,8-9,17,36H2,1-3H3. The van der Waals surface area contributed by atoms with Crippen molar-refractivity contribution in [1.29, 1.82) is 5.26 Å². The number of aryl methyl sites for hydroxylation is 2. The van der Waals surface area contributed by atoms with Crippen molar-refractivity contribution >= 4 is 34.7 Å². The van der Waals surface area contributed by atoms with Gasteiger partial charge in [0.1, 0.15) is 18.2 Å². The van der Waals surface area contributed by atoms with E-state index in [1.54, 1.807) is 6.07 Å². The third kappa shape index (κ3) is 4.91. The molecule has 0 radical (unpaired) electrons. The maximum atomic E-state index is 13.6. The number of hydrogen-bond donors (Lipinski definition) is 1. The van der Waals surface area contributed by atoms with Gasteiger partial charge >= 0.3 is 0 Å². The molecule has 1 heterocycles. The van der Waals surface area contributed by atoms with E-state index in [4.69, 9.17) is 33.7 Å². The number of rotatable bonds is 5. The molecule has 1 unspecified atom stereocenters. The van der Waals surface area contributed by atoms with Gasteiger partial charge in [-0.25, -0.2) is 0 Å². The molecule has 0 amide bonds. The lowest BCUT2D eigenvalue weighted by atomic mass is 9.73. The number of carbonyl (C=O) groups excluding carboxylic acids is 1. The van der Waals surface area contributed by atoms with E-state index in [9.17, 15) is 10.1 Å². The van der Waals surface area contributed by atoms with E-state index in [1.807, 2.05) is 62.1 Å². The molecule has 3 aromatic carbocycles. The van der Waals surface area contributed by atoms with E-state index < -0.39 is 5.92 Å². The van der Waals surface area contributed by atoms with Crippen molar-refractivity contribution in [3.8, 4) is 11.8 Å². The zero-order valence-electron chi connectivity index (χ0n) is 22.1. The molecular formula is C32H29Cl2N3O2. The molecular weight excluding hydrogens is 529 g/mol. The Morgan fingerprint density at radius 1 is 1.08 bits per heavy atom. The van der Waals surface area contributed by atoms with Crippen LogP contribution in [0.2, 0.25) is 10.0 Å². The summed E-state index contributed by atoms with van der Waals surface area (Å²) < 4.78 is 6.07. The molecule has 2 N–H and O–H groups in total. The summed E-state index contributed by atoms with van der Waals surface area (Å²) in [5, 5.41) is 11.6. The summed E-state index contributed by atoms with van der Waals surface area (Å²) in [6.07, 6.45) is 1.83. The lowest BCUT2D eigenvalue weighted by Crippen LogP contribution is -2.39. The van der Waals surface area contributed by atoms with Crippen LogP contribution < -0.4 is 15.4 Å². The average Bonchev–Trinajstić information content (AvgIpc) is 2.91. The highest BCUT2D eigenvalue weighted by molar-refractivity contribution is 6.32. The van der Waals surface area contributed by atoms with E-state index in [1.165, 1.54) is 0 Å². The molecule has 5 rings (SSSR count). The molecule has 7 heteroatoms. The van der Waals surface area contributed by atoms with Crippen LogP contribution in [0.5, 0.6) is 5.75 Å². The number of nitriles is 1. The molecule has 39 heavy (non-hydrogen) atoms. The summed E-state index contributed by atoms with van der Waals surface area (Å²) in [4.78, 5) is 15.5. The van der Waals surface area contributed by atoms with Crippen LogP contribution in [-0.4, -0.2) is 5.78 Å². The highest BCUT2D eigenvalue weighted by Crippen LogP contribution is 2.48. The number of para-hydroxylation sites is 1. The fourth-order valence-electron chi connectivity index (χ4n) is 5.63. The fourth-order valence-corrected chi connectivity index (χ4v) is 5.98. The van der Waals surface area contributed by atoms with Crippen molar-refractivity contribution < 1.29 is 9.53 Å². The minimum Gasteiger partial charge on any atom is -0.487 e. The first-order valence-electron chi connectivity index (χ1n) is 12.9. The normalized spacial score (nSPS) is 17.3. The summed E-state index contributed by atoms with van der Waals surface area (Å²) in [5.74, 6) is 0.408. The minimum atomic E-state index is -0.562. The van der Waals surface area contributed by atoms with Crippen LogP contribution in [0.3, 0.4) is 0 Å². The molecule has 0 bridgehead atoms. The molecule has 5 nitrogen and oxygen atoms in total. The van der Waals surface area contributed by atoms with Gasteiger partial charge < -0.3 is 10.5 Å². The predicted molar refractivity (Wildman–Crippen MR) is 156 cm³/mol. The summed E-state index contributed by atoms with van der Waals surface area (Å²) in [5.41, 5.74) is 14.2. The Morgan fingerprint density at radius 2 is 1.85 bits per heavy atom. The van der Waals surface area contributed by atoms with Gasteiger partial charge in [0.2, 0.25) is 0 Å². The Hall–Kier alpha value is -3.72. The molecule has 3 aromatic rings. The quantitative estimate of drug-likeness (QED) is 0.346. The van der Waals surface area contributed by atoms with Crippen molar-refractivity contribution in [2.45, 2.75) is 52.6 Å². The number of nitrogens with zero attached hydrogens (tertiary/aromatic N) is 2. The molecule has 1 aliphatic carbocycles. The zero-order chi connectivity index (χ0) is 27.8. The van der Waals surface area contributed by atoms with Crippen LogP contribution in [0, 0.1) is 32.1 Å². The molecule has 0 saturated heterocycles. The minimum absolute atomic E-state index is 0.0426. The number of carbonyl (C=O) groups is 1. The molecule has 198 valence electrons. The van der Waals surface area contributed by atoms with Gasteiger partial charge in [-0.2, -0.15) is 5.26 Å².